The van der Waals surface area contributed by atoms with Crippen LogP contribution in [0.4, 0.5) is 0 Å². The Labute approximate surface area is 55.6 Å². The number of aliphatic hydroxyl groups is 1. The van der Waals surface area contributed by atoms with Gasteiger partial charge in [-0.05, 0) is 13.8 Å². The van der Waals surface area contributed by atoms with Gasteiger partial charge in [-0.15, -0.1) is 0 Å². The quantitative estimate of drug-likeness (QED) is 0.436. The van der Waals surface area contributed by atoms with Gasteiger partial charge in [-0.3, -0.25) is 0 Å². The van der Waals surface area contributed by atoms with Gasteiger partial charge in [0.2, 0.25) is 0 Å². The van der Waals surface area contributed by atoms with Gasteiger partial charge in [-0.2, -0.15) is 0 Å². The molecule has 0 rings (SSSR count). The summed E-state index contributed by atoms with van der Waals surface area (Å²) < 4.78 is 9.72. The largest absolute Gasteiger partial charge is 0.379 e. The van der Waals surface area contributed by atoms with Crippen LogP contribution in [0.2, 0.25) is 0 Å². The summed E-state index contributed by atoms with van der Waals surface area (Å²) in [5.74, 6) is 0. The maximum Gasteiger partial charge on any atom is 0.151 e. The fourth-order valence-electron chi connectivity index (χ4n) is 0.422. The van der Waals surface area contributed by atoms with E-state index in [9.17, 15) is 0 Å². The first kappa shape index (κ1) is 8.88. The van der Waals surface area contributed by atoms with Crippen LogP contribution in [0.25, 0.3) is 0 Å². The van der Waals surface area contributed by atoms with Crippen molar-refractivity contribution in [2.75, 3.05) is 19.8 Å². The van der Waals surface area contributed by atoms with Crippen LogP contribution in [0.5, 0.6) is 0 Å². The third-order valence-electron chi connectivity index (χ3n) is 0.791. The van der Waals surface area contributed by atoms with Crippen molar-refractivity contribution < 1.29 is 14.6 Å². The first-order valence-electron chi connectivity index (χ1n) is 3.14. The van der Waals surface area contributed by atoms with Crippen molar-refractivity contribution in [3.63, 3.8) is 0 Å². The lowest BCUT2D eigenvalue weighted by Crippen LogP contribution is -2.11. The van der Waals surface area contributed by atoms with Gasteiger partial charge in [0.1, 0.15) is 0 Å². The van der Waals surface area contributed by atoms with E-state index in [4.69, 9.17) is 14.6 Å². The molecule has 0 aromatic rings. The molecule has 0 saturated carbocycles. The Morgan fingerprint density at radius 2 is 2.11 bits per heavy atom. The lowest BCUT2D eigenvalue weighted by Gasteiger charge is -2.05. The minimum atomic E-state index is -0.676. The number of hydrogen-bond acceptors (Lipinski definition) is 3. The summed E-state index contributed by atoms with van der Waals surface area (Å²) in [5.41, 5.74) is 0. The molecule has 0 fully saturated rings. The van der Waals surface area contributed by atoms with Crippen molar-refractivity contribution in [3.8, 4) is 0 Å². The zero-order chi connectivity index (χ0) is 7.11. The Hall–Kier alpha value is -0.120. The Balaban J connectivity index is 2.75. The summed E-state index contributed by atoms with van der Waals surface area (Å²) in [6.45, 7) is 5.21. The molecule has 0 spiro atoms. The molecule has 3 heteroatoms. The van der Waals surface area contributed by atoms with E-state index in [0.29, 0.717) is 19.8 Å². The summed E-state index contributed by atoms with van der Waals surface area (Å²) >= 11 is 0. The van der Waals surface area contributed by atoms with Gasteiger partial charge in [0.25, 0.3) is 0 Å². The van der Waals surface area contributed by atoms with Gasteiger partial charge in [-0.25, -0.2) is 0 Å². The van der Waals surface area contributed by atoms with Crippen molar-refractivity contribution in [3.05, 3.63) is 0 Å². The summed E-state index contributed by atoms with van der Waals surface area (Å²) in [6, 6.07) is 0. The average molecular weight is 134 g/mol. The van der Waals surface area contributed by atoms with E-state index in [0.717, 1.165) is 0 Å². The van der Waals surface area contributed by atoms with Crippen molar-refractivity contribution in [1.82, 2.24) is 0 Å². The smallest absolute Gasteiger partial charge is 0.151 e. The Kier molecular flexibility index (Phi) is 5.93. The number of aliphatic hydroxyl groups excluding tert-OH is 1. The lowest BCUT2D eigenvalue weighted by atomic mass is 10.7. The van der Waals surface area contributed by atoms with Crippen LogP contribution in [-0.2, 0) is 9.47 Å². The second kappa shape index (κ2) is 6.01. The Bertz CT molecular complexity index is 54.3. The number of rotatable bonds is 5. The van der Waals surface area contributed by atoms with Crippen LogP contribution in [0, 0.1) is 0 Å². The fourth-order valence-corrected chi connectivity index (χ4v) is 0.422. The van der Waals surface area contributed by atoms with Gasteiger partial charge in [-0.1, -0.05) is 0 Å². The van der Waals surface area contributed by atoms with E-state index >= 15 is 0 Å². The molecule has 56 valence electrons. The molecule has 0 heterocycles. The molecule has 9 heavy (non-hydrogen) atoms. The third-order valence-corrected chi connectivity index (χ3v) is 0.791. The number of hydrogen-bond donors (Lipinski definition) is 1. The van der Waals surface area contributed by atoms with Crippen LogP contribution < -0.4 is 0 Å². The van der Waals surface area contributed by atoms with Crippen molar-refractivity contribution in [1.29, 1.82) is 0 Å². The van der Waals surface area contributed by atoms with Gasteiger partial charge in [0, 0.05) is 6.61 Å². The van der Waals surface area contributed by atoms with Crippen molar-refractivity contribution >= 4 is 0 Å². The summed E-state index contributed by atoms with van der Waals surface area (Å²) in [4.78, 5) is 0. The van der Waals surface area contributed by atoms with E-state index in [-0.39, 0.29) is 0 Å². The molecule has 0 aliphatic rings. The minimum absolute atomic E-state index is 0.464. The molecule has 0 saturated heterocycles. The fraction of sp³-hybridized carbons (Fsp3) is 1.00. The molecule has 1 atom stereocenters. The van der Waals surface area contributed by atoms with Crippen LogP contribution in [-0.4, -0.2) is 31.2 Å². The highest BCUT2D eigenvalue weighted by atomic mass is 16.6. The molecule has 0 radical (unpaired) electrons. The van der Waals surface area contributed by atoms with Crippen LogP contribution >= 0.6 is 0 Å². The summed E-state index contributed by atoms with van der Waals surface area (Å²) in [7, 11) is 0. The Morgan fingerprint density at radius 3 is 2.56 bits per heavy atom. The highest BCUT2D eigenvalue weighted by Gasteiger charge is 1.91. The van der Waals surface area contributed by atoms with Crippen LogP contribution in [0.3, 0.4) is 0 Å². The highest BCUT2D eigenvalue weighted by molar-refractivity contribution is 4.28. The first-order chi connectivity index (χ1) is 4.27. The predicted molar refractivity (Wildman–Crippen MR) is 34.1 cm³/mol. The summed E-state index contributed by atoms with van der Waals surface area (Å²) in [5, 5.41) is 8.57. The van der Waals surface area contributed by atoms with Gasteiger partial charge < -0.3 is 14.6 Å². The maximum atomic E-state index is 8.57. The second-order valence-corrected chi connectivity index (χ2v) is 1.67. The average Bonchev–Trinajstić information content (AvgIpc) is 1.80. The molecule has 1 N–H and O–H groups in total. The molecular formula is C6H14O3. The zero-order valence-corrected chi connectivity index (χ0v) is 5.96. The van der Waals surface area contributed by atoms with Crippen molar-refractivity contribution in [2.45, 2.75) is 20.1 Å². The third kappa shape index (κ3) is 7.88. The Morgan fingerprint density at radius 1 is 1.44 bits per heavy atom. The molecule has 3 nitrogen and oxygen atoms in total. The lowest BCUT2D eigenvalue weighted by molar-refractivity contribution is -0.0987. The zero-order valence-electron chi connectivity index (χ0n) is 5.96. The monoisotopic (exact) mass is 134 g/mol. The molecule has 0 aromatic heterocycles. The van der Waals surface area contributed by atoms with Gasteiger partial charge >= 0.3 is 0 Å². The van der Waals surface area contributed by atoms with E-state index in [1.54, 1.807) is 6.92 Å². The minimum Gasteiger partial charge on any atom is -0.379 e. The molecule has 0 aliphatic heterocycles. The highest BCUT2D eigenvalue weighted by Crippen LogP contribution is 1.83. The normalized spacial score (nSPS) is 13.7. The van der Waals surface area contributed by atoms with E-state index in [1.165, 1.54) is 0 Å². The van der Waals surface area contributed by atoms with E-state index < -0.39 is 6.29 Å². The molecular weight excluding hydrogens is 120 g/mol. The first-order valence-corrected chi connectivity index (χ1v) is 3.14. The summed E-state index contributed by atoms with van der Waals surface area (Å²) in [6.07, 6.45) is -0.676. The van der Waals surface area contributed by atoms with Crippen LogP contribution in [0.1, 0.15) is 13.8 Å². The van der Waals surface area contributed by atoms with Gasteiger partial charge in [0.05, 0.1) is 13.2 Å². The SMILES string of the molecule is CCOCCOC(C)O. The maximum absolute atomic E-state index is 8.57. The number of ether oxygens (including phenoxy) is 2. The van der Waals surface area contributed by atoms with E-state index in [2.05, 4.69) is 0 Å². The van der Waals surface area contributed by atoms with E-state index in [1.807, 2.05) is 6.92 Å². The molecule has 0 bridgehead atoms. The molecule has 1 unspecified atom stereocenters. The molecule has 0 aliphatic carbocycles. The topological polar surface area (TPSA) is 38.7 Å². The molecule has 0 aromatic carbocycles. The predicted octanol–water partition coefficient (Wildman–Crippen LogP) is 0.378. The van der Waals surface area contributed by atoms with Crippen molar-refractivity contribution in [2.24, 2.45) is 0 Å². The van der Waals surface area contributed by atoms with Crippen LogP contribution in [0.15, 0.2) is 0 Å². The van der Waals surface area contributed by atoms with Gasteiger partial charge in [0.15, 0.2) is 6.29 Å². The standard InChI is InChI=1S/C6H14O3/c1-3-8-4-5-9-6(2)7/h6-7H,3-5H2,1-2H3. The molecule has 0 amide bonds. The second-order valence-electron chi connectivity index (χ2n) is 1.67.